The first kappa shape index (κ1) is 14.8. The molecule has 1 aromatic rings. The number of anilines is 1. The maximum atomic E-state index is 9.32. The van der Waals surface area contributed by atoms with Crippen molar-refractivity contribution >= 4 is 5.69 Å². The minimum atomic E-state index is 0.108. The summed E-state index contributed by atoms with van der Waals surface area (Å²) in [6, 6.07) is 8.04. The zero-order valence-electron chi connectivity index (χ0n) is 11.5. The SMILES string of the molecule is CCCNC(CO)CN(C)c1ccc(OC)cc1. The Balaban J connectivity index is 2.53. The van der Waals surface area contributed by atoms with Gasteiger partial charge in [-0.25, -0.2) is 0 Å². The summed E-state index contributed by atoms with van der Waals surface area (Å²) in [5, 5.41) is 12.6. The summed E-state index contributed by atoms with van der Waals surface area (Å²) >= 11 is 0. The Morgan fingerprint density at radius 2 is 2.00 bits per heavy atom. The number of hydrogen-bond donors (Lipinski definition) is 2. The molecule has 0 aliphatic rings. The van der Waals surface area contributed by atoms with Crippen LogP contribution >= 0.6 is 0 Å². The molecule has 0 saturated carbocycles. The second kappa shape index (κ2) is 7.95. The zero-order chi connectivity index (χ0) is 13.4. The first-order valence-corrected chi connectivity index (χ1v) is 6.40. The van der Waals surface area contributed by atoms with Gasteiger partial charge in [-0.05, 0) is 37.2 Å². The molecular weight excluding hydrogens is 228 g/mol. The van der Waals surface area contributed by atoms with Crippen LogP contribution in [-0.4, -0.2) is 45.0 Å². The smallest absolute Gasteiger partial charge is 0.119 e. The molecule has 0 heterocycles. The maximum absolute atomic E-state index is 9.32. The molecule has 0 saturated heterocycles. The average molecular weight is 252 g/mol. The van der Waals surface area contributed by atoms with Crippen molar-refractivity contribution in [1.29, 1.82) is 0 Å². The van der Waals surface area contributed by atoms with Gasteiger partial charge in [0.15, 0.2) is 0 Å². The highest BCUT2D eigenvalue weighted by Gasteiger charge is 2.10. The third-order valence-electron chi connectivity index (χ3n) is 2.91. The fourth-order valence-corrected chi connectivity index (χ4v) is 1.81. The van der Waals surface area contributed by atoms with Crippen LogP contribution in [-0.2, 0) is 0 Å². The minimum absolute atomic E-state index is 0.108. The molecule has 18 heavy (non-hydrogen) atoms. The number of likely N-dealkylation sites (N-methyl/N-ethyl adjacent to an activating group) is 1. The van der Waals surface area contributed by atoms with Crippen molar-refractivity contribution in [2.45, 2.75) is 19.4 Å². The summed E-state index contributed by atoms with van der Waals surface area (Å²) in [4.78, 5) is 2.13. The largest absolute Gasteiger partial charge is 0.497 e. The van der Waals surface area contributed by atoms with Gasteiger partial charge in [0, 0.05) is 25.3 Å². The topological polar surface area (TPSA) is 44.7 Å². The molecule has 4 heteroatoms. The molecule has 1 unspecified atom stereocenters. The standard InChI is InChI=1S/C14H24N2O2/c1-4-9-15-12(11-17)10-16(2)13-5-7-14(18-3)8-6-13/h5-8,12,15,17H,4,9-11H2,1-3H3. The van der Waals surface area contributed by atoms with Crippen LogP contribution in [0.5, 0.6) is 5.75 Å². The van der Waals surface area contributed by atoms with Crippen molar-refractivity contribution < 1.29 is 9.84 Å². The summed E-state index contributed by atoms with van der Waals surface area (Å²) in [5.41, 5.74) is 1.12. The van der Waals surface area contributed by atoms with Gasteiger partial charge < -0.3 is 20.1 Å². The van der Waals surface area contributed by atoms with Gasteiger partial charge >= 0.3 is 0 Å². The highest BCUT2D eigenvalue weighted by atomic mass is 16.5. The van der Waals surface area contributed by atoms with Crippen LogP contribution in [0, 0.1) is 0 Å². The zero-order valence-corrected chi connectivity index (χ0v) is 11.5. The van der Waals surface area contributed by atoms with Crippen molar-refractivity contribution in [2.24, 2.45) is 0 Å². The number of methoxy groups -OCH3 is 1. The quantitative estimate of drug-likeness (QED) is 0.736. The van der Waals surface area contributed by atoms with E-state index in [4.69, 9.17) is 4.74 Å². The molecule has 1 aromatic carbocycles. The number of hydrogen-bond acceptors (Lipinski definition) is 4. The summed E-state index contributed by atoms with van der Waals surface area (Å²) in [6.45, 7) is 3.99. The summed E-state index contributed by atoms with van der Waals surface area (Å²) in [6.07, 6.45) is 1.07. The van der Waals surface area contributed by atoms with E-state index in [0.29, 0.717) is 0 Å². The number of benzene rings is 1. The van der Waals surface area contributed by atoms with E-state index in [1.165, 1.54) is 0 Å². The molecule has 0 aromatic heterocycles. The van der Waals surface area contributed by atoms with E-state index in [9.17, 15) is 5.11 Å². The Morgan fingerprint density at radius 1 is 1.33 bits per heavy atom. The molecule has 2 N–H and O–H groups in total. The molecule has 102 valence electrons. The van der Waals surface area contributed by atoms with Crippen molar-refractivity contribution in [3.63, 3.8) is 0 Å². The van der Waals surface area contributed by atoms with Gasteiger partial charge in [0.05, 0.1) is 13.7 Å². The molecule has 0 spiro atoms. The van der Waals surface area contributed by atoms with Gasteiger partial charge in [0.25, 0.3) is 0 Å². The van der Waals surface area contributed by atoms with E-state index < -0.39 is 0 Å². The molecule has 0 amide bonds. The van der Waals surface area contributed by atoms with Crippen LogP contribution in [0.15, 0.2) is 24.3 Å². The summed E-state index contributed by atoms with van der Waals surface area (Å²) in [7, 11) is 3.69. The van der Waals surface area contributed by atoms with Crippen LogP contribution in [0.3, 0.4) is 0 Å². The van der Waals surface area contributed by atoms with Gasteiger partial charge in [0.1, 0.15) is 5.75 Å². The number of rotatable bonds is 8. The lowest BCUT2D eigenvalue weighted by Crippen LogP contribution is -2.42. The van der Waals surface area contributed by atoms with Crippen molar-refractivity contribution in [1.82, 2.24) is 5.32 Å². The van der Waals surface area contributed by atoms with E-state index in [2.05, 4.69) is 17.1 Å². The molecular formula is C14H24N2O2. The second-order valence-electron chi connectivity index (χ2n) is 4.41. The first-order chi connectivity index (χ1) is 8.71. The predicted molar refractivity (Wildman–Crippen MR) is 75.4 cm³/mol. The third-order valence-corrected chi connectivity index (χ3v) is 2.91. The second-order valence-corrected chi connectivity index (χ2v) is 4.41. The number of aliphatic hydroxyl groups excluding tert-OH is 1. The van der Waals surface area contributed by atoms with Crippen LogP contribution in [0.1, 0.15) is 13.3 Å². The van der Waals surface area contributed by atoms with Gasteiger partial charge in [-0.2, -0.15) is 0 Å². The molecule has 0 fully saturated rings. The Labute approximate surface area is 110 Å². The van der Waals surface area contributed by atoms with Crippen LogP contribution in [0.2, 0.25) is 0 Å². The molecule has 1 rings (SSSR count). The molecule has 0 aliphatic carbocycles. The first-order valence-electron chi connectivity index (χ1n) is 6.40. The van der Waals surface area contributed by atoms with E-state index in [1.54, 1.807) is 7.11 Å². The lowest BCUT2D eigenvalue weighted by molar-refractivity contribution is 0.245. The Hall–Kier alpha value is -1.26. The van der Waals surface area contributed by atoms with E-state index >= 15 is 0 Å². The number of aliphatic hydroxyl groups is 1. The van der Waals surface area contributed by atoms with E-state index in [-0.39, 0.29) is 12.6 Å². The van der Waals surface area contributed by atoms with E-state index in [0.717, 1.165) is 30.9 Å². The molecule has 0 radical (unpaired) electrons. The van der Waals surface area contributed by atoms with Gasteiger partial charge in [-0.3, -0.25) is 0 Å². The Kier molecular flexibility index (Phi) is 6.54. The Bertz CT molecular complexity index is 327. The fourth-order valence-electron chi connectivity index (χ4n) is 1.81. The molecule has 1 atom stereocenters. The molecule has 4 nitrogen and oxygen atoms in total. The summed E-state index contributed by atoms with van der Waals surface area (Å²) < 4.78 is 5.13. The lowest BCUT2D eigenvalue weighted by atomic mass is 10.2. The van der Waals surface area contributed by atoms with Gasteiger partial charge in [-0.1, -0.05) is 6.92 Å². The number of ether oxygens (including phenoxy) is 1. The summed E-state index contributed by atoms with van der Waals surface area (Å²) in [5.74, 6) is 0.856. The molecule has 0 aliphatic heterocycles. The van der Waals surface area contributed by atoms with E-state index in [1.807, 2.05) is 31.3 Å². The van der Waals surface area contributed by atoms with Gasteiger partial charge in [0.2, 0.25) is 0 Å². The predicted octanol–water partition coefficient (Wildman–Crippen LogP) is 1.49. The minimum Gasteiger partial charge on any atom is -0.497 e. The van der Waals surface area contributed by atoms with Crippen molar-refractivity contribution in [2.75, 3.05) is 38.8 Å². The maximum Gasteiger partial charge on any atom is 0.119 e. The van der Waals surface area contributed by atoms with Crippen LogP contribution in [0.4, 0.5) is 5.69 Å². The van der Waals surface area contributed by atoms with Crippen LogP contribution in [0.25, 0.3) is 0 Å². The highest BCUT2D eigenvalue weighted by molar-refractivity contribution is 5.48. The Morgan fingerprint density at radius 3 is 2.50 bits per heavy atom. The average Bonchev–Trinajstić information content (AvgIpc) is 2.43. The van der Waals surface area contributed by atoms with Gasteiger partial charge in [-0.15, -0.1) is 0 Å². The fraction of sp³-hybridized carbons (Fsp3) is 0.571. The number of nitrogens with zero attached hydrogens (tertiary/aromatic N) is 1. The normalized spacial score (nSPS) is 12.2. The monoisotopic (exact) mass is 252 g/mol. The van der Waals surface area contributed by atoms with Crippen LogP contribution < -0.4 is 15.0 Å². The third kappa shape index (κ3) is 4.55. The van der Waals surface area contributed by atoms with Crippen molar-refractivity contribution in [3.05, 3.63) is 24.3 Å². The number of nitrogens with one attached hydrogen (secondary N) is 1. The highest BCUT2D eigenvalue weighted by Crippen LogP contribution is 2.18. The van der Waals surface area contributed by atoms with Crippen molar-refractivity contribution in [3.8, 4) is 5.75 Å². The lowest BCUT2D eigenvalue weighted by Gasteiger charge is -2.25. The molecule has 0 bridgehead atoms.